The lowest BCUT2D eigenvalue weighted by Crippen LogP contribution is -2.12. The zero-order chi connectivity index (χ0) is 22.1. The van der Waals surface area contributed by atoms with Crippen LogP contribution in [0.2, 0.25) is 0 Å². The minimum absolute atomic E-state index is 0.800. The molecule has 0 saturated heterocycles. The number of hydrogen-bond acceptors (Lipinski definition) is 3. The quantitative estimate of drug-likeness (QED) is 0.287. The lowest BCUT2D eigenvalue weighted by atomic mass is 10.1. The number of para-hydroxylation sites is 5. The predicted octanol–water partition coefficient (Wildman–Crippen LogP) is 7.30. The molecular formula is C28H26N2O2. The predicted molar refractivity (Wildman–Crippen MR) is 133 cm³/mol. The number of methoxy groups -OCH3 is 2. The van der Waals surface area contributed by atoms with E-state index < -0.39 is 0 Å². The highest BCUT2D eigenvalue weighted by atomic mass is 16.5. The van der Waals surface area contributed by atoms with E-state index in [-0.39, 0.29) is 0 Å². The number of rotatable bonds is 6. The Morgan fingerprint density at radius 2 is 1.22 bits per heavy atom. The average Bonchev–Trinajstić information content (AvgIpc) is 3.18. The second-order valence-corrected chi connectivity index (χ2v) is 7.64. The molecule has 0 aliphatic carbocycles. The van der Waals surface area contributed by atoms with Gasteiger partial charge in [0.15, 0.2) is 0 Å². The van der Waals surface area contributed by atoms with Crippen LogP contribution in [0.5, 0.6) is 11.5 Å². The monoisotopic (exact) mass is 422 g/mol. The van der Waals surface area contributed by atoms with Gasteiger partial charge in [-0.3, -0.25) is 0 Å². The highest BCUT2D eigenvalue weighted by Crippen LogP contribution is 2.45. The summed E-state index contributed by atoms with van der Waals surface area (Å²) >= 11 is 0. The number of fused-ring (bicyclic) bond motifs is 3. The van der Waals surface area contributed by atoms with Crippen LogP contribution in [-0.2, 0) is 6.54 Å². The molecule has 0 aliphatic heterocycles. The molecule has 1 aromatic heterocycles. The summed E-state index contributed by atoms with van der Waals surface area (Å²) in [6, 6.07) is 31.4. The Morgan fingerprint density at radius 1 is 0.656 bits per heavy atom. The maximum atomic E-state index is 5.74. The van der Waals surface area contributed by atoms with Crippen molar-refractivity contribution < 1.29 is 9.47 Å². The number of hydrogen-bond donors (Lipinski definition) is 0. The van der Waals surface area contributed by atoms with E-state index in [0.717, 1.165) is 35.1 Å². The van der Waals surface area contributed by atoms with Gasteiger partial charge < -0.3 is 18.9 Å². The number of anilines is 3. The molecule has 4 heteroatoms. The summed E-state index contributed by atoms with van der Waals surface area (Å²) in [5.74, 6) is 1.60. The van der Waals surface area contributed by atoms with Gasteiger partial charge in [0.1, 0.15) is 11.5 Å². The Morgan fingerprint density at radius 3 is 1.84 bits per heavy atom. The average molecular weight is 423 g/mol. The third-order valence-electron chi connectivity index (χ3n) is 5.98. The van der Waals surface area contributed by atoms with E-state index in [1.807, 2.05) is 36.4 Å². The van der Waals surface area contributed by atoms with Crippen molar-refractivity contribution in [3.8, 4) is 11.5 Å². The molecule has 0 saturated carbocycles. The maximum absolute atomic E-state index is 5.74. The fourth-order valence-electron chi connectivity index (χ4n) is 4.56. The summed E-state index contributed by atoms with van der Waals surface area (Å²) < 4.78 is 13.8. The molecule has 0 fully saturated rings. The van der Waals surface area contributed by atoms with Gasteiger partial charge in [0, 0.05) is 34.0 Å². The van der Waals surface area contributed by atoms with Crippen molar-refractivity contribution in [1.29, 1.82) is 0 Å². The van der Waals surface area contributed by atoms with Crippen LogP contribution in [0.3, 0.4) is 0 Å². The molecule has 0 amide bonds. The van der Waals surface area contributed by atoms with Crippen LogP contribution in [0.1, 0.15) is 6.92 Å². The Bertz CT molecular complexity index is 1360. The fraction of sp³-hybridized carbons (Fsp3) is 0.143. The first-order valence-electron chi connectivity index (χ1n) is 10.8. The molecule has 0 bridgehead atoms. The zero-order valence-corrected chi connectivity index (χ0v) is 18.6. The highest BCUT2D eigenvalue weighted by Gasteiger charge is 2.21. The van der Waals surface area contributed by atoms with Crippen LogP contribution in [0, 0.1) is 0 Å². The van der Waals surface area contributed by atoms with Crippen molar-refractivity contribution in [2.45, 2.75) is 13.5 Å². The molecule has 5 rings (SSSR count). The Balaban J connectivity index is 1.81. The second kappa shape index (κ2) is 8.31. The van der Waals surface area contributed by atoms with Crippen LogP contribution in [0.25, 0.3) is 21.8 Å². The Labute approximate surface area is 188 Å². The lowest BCUT2D eigenvalue weighted by Gasteiger charge is -2.28. The first kappa shape index (κ1) is 20.0. The first-order chi connectivity index (χ1) is 15.8. The summed E-state index contributed by atoms with van der Waals surface area (Å²) in [4.78, 5) is 2.20. The molecule has 1 heterocycles. The summed E-state index contributed by atoms with van der Waals surface area (Å²) in [5, 5.41) is 2.49. The number of aromatic nitrogens is 1. The molecule has 4 aromatic carbocycles. The molecule has 0 atom stereocenters. The Hall–Kier alpha value is -3.92. The van der Waals surface area contributed by atoms with Gasteiger partial charge in [-0.1, -0.05) is 42.5 Å². The number of benzene rings is 4. The third-order valence-corrected chi connectivity index (χ3v) is 5.98. The maximum Gasteiger partial charge on any atom is 0.142 e. The van der Waals surface area contributed by atoms with Gasteiger partial charge in [-0.15, -0.1) is 0 Å². The van der Waals surface area contributed by atoms with E-state index >= 15 is 0 Å². The van der Waals surface area contributed by atoms with E-state index in [1.165, 1.54) is 21.8 Å². The summed E-state index contributed by atoms with van der Waals surface area (Å²) in [5.41, 5.74) is 5.45. The normalized spacial score (nSPS) is 11.1. The molecule has 32 heavy (non-hydrogen) atoms. The van der Waals surface area contributed by atoms with Crippen molar-refractivity contribution in [3.63, 3.8) is 0 Å². The first-order valence-corrected chi connectivity index (χ1v) is 10.8. The largest absolute Gasteiger partial charge is 0.495 e. The van der Waals surface area contributed by atoms with Crippen LogP contribution in [0.15, 0.2) is 91.0 Å². The minimum atomic E-state index is 0.800. The summed E-state index contributed by atoms with van der Waals surface area (Å²) in [6.07, 6.45) is 0. The molecule has 0 spiro atoms. The highest BCUT2D eigenvalue weighted by molar-refractivity contribution is 6.09. The number of ether oxygens (including phenoxy) is 2. The van der Waals surface area contributed by atoms with Gasteiger partial charge in [-0.2, -0.15) is 0 Å². The van der Waals surface area contributed by atoms with Crippen LogP contribution >= 0.6 is 0 Å². The molecule has 0 radical (unpaired) electrons. The summed E-state index contributed by atoms with van der Waals surface area (Å²) in [6.45, 7) is 3.11. The fourth-order valence-corrected chi connectivity index (χ4v) is 4.56. The van der Waals surface area contributed by atoms with Crippen molar-refractivity contribution in [3.05, 3.63) is 91.0 Å². The van der Waals surface area contributed by atoms with Gasteiger partial charge in [-0.25, -0.2) is 0 Å². The topological polar surface area (TPSA) is 26.6 Å². The number of aryl methyl sites for hydroxylation is 1. The summed E-state index contributed by atoms with van der Waals surface area (Å²) in [7, 11) is 3.41. The van der Waals surface area contributed by atoms with Crippen LogP contribution in [-0.4, -0.2) is 18.8 Å². The third kappa shape index (κ3) is 3.16. The van der Waals surface area contributed by atoms with Gasteiger partial charge in [0.2, 0.25) is 0 Å². The van der Waals surface area contributed by atoms with Crippen molar-refractivity contribution in [2.75, 3.05) is 19.1 Å². The van der Waals surface area contributed by atoms with Crippen molar-refractivity contribution in [2.24, 2.45) is 0 Å². The van der Waals surface area contributed by atoms with E-state index in [4.69, 9.17) is 9.47 Å². The van der Waals surface area contributed by atoms with Crippen molar-refractivity contribution in [1.82, 2.24) is 4.57 Å². The molecule has 0 unspecified atom stereocenters. The molecule has 0 aliphatic rings. The van der Waals surface area contributed by atoms with Gasteiger partial charge in [-0.05, 0) is 55.5 Å². The van der Waals surface area contributed by atoms with E-state index in [1.54, 1.807) is 14.2 Å². The molecule has 5 aromatic rings. The zero-order valence-electron chi connectivity index (χ0n) is 18.6. The van der Waals surface area contributed by atoms with Crippen molar-refractivity contribution >= 4 is 38.9 Å². The van der Waals surface area contributed by atoms with E-state index in [0.29, 0.717) is 0 Å². The smallest absolute Gasteiger partial charge is 0.142 e. The van der Waals surface area contributed by atoms with Gasteiger partial charge in [0.25, 0.3) is 0 Å². The van der Waals surface area contributed by atoms with Crippen LogP contribution in [0.4, 0.5) is 17.1 Å². The molecule has 160 valence electrons. The minimum Gasteiger partial charge on any atom is -0.495 e. The van der Waals surface area contributed by atoms with Gasteiger partial charge in [0.05, 0.1) is 25.6 Å². The lowest BCUT2D eigenvalue weighted by molar-refractivity contribution is 0.412. The van der Waals surface area contributed by atoms with E-state index in [9.17, 15) is 0 Å². The van der Waals surface area contributed by atoms with Crippen LogP contribution < -0.4 is 14.4 Å². The van der Waals surface area contributed by atoms with E-state index in [2.05, 4.69) is 71.0 Å². The Kier molecular flexibility index (Phi) is 5.20. The molecule has 0 N–H and O–H groups in total. The second-order valence-electron chi connectivity index (χ2n) is 7.64. The number of nitrogens with zero attached hydrogens (tertiary/aromatic N) is 2. The molecular weight excluding hydrogens is 396 g/mol. The molecule has 4 nitrogen and oxygen atoms in total. The standard InChI is InChI=1S/C28H26N2O2/c1-4-29-23-12-6-5-11-21(23)22-19-20(17-18-24(22)29)30(25-13-7-9-15-27(25)31-2)26-14-8-10-16-28(26)32-3/h5-19H,4H2,1-3H3. The van der Waals surface area contributed by atoms with Gasteiger partial charge >= 0.3 is 0 Å². The SMILES string of the molecule is CCn1c2ccccc2c2cc(N(c3ccccc3OC)c3ccccc3OC)ccc21.